The molecule has 7 nitrogen and oxygen atoms in total. The van der Waals surface area contributed by atoms with Crippen molar-refractivity contribution in [1.82, 2.24) is 9.13 Å². The Morgan fingerprint density at radius 3 is 2.60 bits per heavy atom. The van der Waals surface area contributed by atoms with Gasteiger partial charge < -0.3 is 9.73 Å². The second kappa shape index (κ2) is 7.50. The summed E-state index contributed by atoms with van der Waals surface area (Å²) < 4.78 is 8.15. The van der Waals surface area contributed by atoms with Crippen LogP contribution in [0.25, 0.3) is 22.1 Å². The summed E-state index contributed by atoms with van der Waals surface area (Å²) in [7, 11) is 0. The second-order valence-electron chi connectivity index (χ2n) is 7.37. The van der Waals surface area contributed by atoms with Crippen LogP contribution in [0.4, 0.5) is 5.69 Å². The maximum absolute atomic E-state index is 13.2. The van der Waals surface area contributed by atoms with Crippen LogP contribution in [0.3, 0.4) is 0 Å². The van der Waals surface area contributed by atoms with E-state index in [4.69, 9.17) is 16.0 Å². The molecule has 0 spiro atoms. The molecule has 0 aliphatic rings. The Morgan fingerprint density at radius 2 is 1.87 bits per heavy atom. The van der Waals surface area contributed by atoms with Gasteiger partial charge in [0.25, 0.3) is 5.56 Å². The molecular formula is C22H20ClN3O4. The number of benzene rings is 2. The van der Waals surface area contributed by atoms with E-state index < -0.39 is 23.2 Å². The van der Waals surface area contributed by atoms with Gasteiger partial charge in [-0.05, 0) is 50.6 Å². The standard InChI is InChI=1S/C22H20ClN3O4/c1-12(2)26-21(28)20-19(14-7-4-5-10-17(14)30-20)25(22(26)29)11-18(27)24-16-9-6-8-15(23)13(16)3/h4-10,12H,11H2,1-3H3,(H,24,27). The van der Waals surface area contributed by atoms with E-state index in [1.54, 1.807) is 63.2 Å². The van der Waals surface area contributed by atoms with Crippen LogP contribution in [0, 0.1) is 6.92 Å². The van der Waals surface area contributed by atoms with E-state index in [9.17, 15) is 14.4 Å². The number of aromatic nitrogens is 2. The van der Waals surface area contributed by atoms with E-state index in [2.05, 4.69) is 5.32 Å². The summed E-state index contributed by atoms with van der Waals surface area (Å²) >= 11 is 6.13. The van der Waals surface area contributed by atoms with Crippen LogP contribution in [0.15, 0.2) is 56.5 Å². The van der Waals surface area contributed by atoms with Crippen LogP contribution in [0.5, 0.6) is 0 Å². The monoisotopic (exact) mass is 425 g/mol. The highest BCUT2D eigenvalue weighted by molar-refractivity contribution is 6.31. The first-order chi connectivity index (χ1) is 14.3. The summed E-state index contributed by atoms with van der Waals surface area (Å²) in [5, 5.41) is 3.92. The molecule has 0 aliphatic carbocycles. The molecule has 0 aliphatic heterocycles. The van der Waals surface area contributed by atoms with Gasteiger partial charge in [-0.2, -0.15) is 0 Å². The van der Waals surface area contributed by atoms with Crippen molar-refractivity contribution in [3.63, 3.8) is 0 Å². The van der Waals surface area contributed by atoms with Gasteiger partial charge in [0.1, 0.15) is 17.6 Å². The molecule has 0 fully saturated rings. The number of fused-ring (bicyclic) bond motifs is 3. The fraction of sp³-hybridized carbons (Fsp3) is 0.227. The summed E-state index contributed by atoms with van der Waals surface area (Å²) in [6.07, 6.45) is 0. The highest BCUT2D eigenvalue weighted by Gasteiger charge is 2.22. The summed E-state index contributed by atoms with van der Waals surface area (Å²) in [4.78, 5) is 38.9. The smallest absolute Gasteiger partial charge is 0.332 e. The number of nitrogens with one attached hydrogen (secondary N) is 1. The average molecular weight is 426 g/mol. The zero-order chi connectivity index (χ0) is 21.6. The van der Waals surface area contributed by atoms with Gasteiger partial charge in [-0.25, -0.2) is 4.79 Å². The number of anilines is 1. The maximum Gasteiger partial charge on any atom is 0.332 e. The molecule has 4 aromatic rings. The molecule has 2 heterocycles. The van der Waals surface area contributed by atoms with Crippen molar-refractivity contribution in [2.24, 2.45) is 0 Å². The number of rotatable bonds is 4. The Balaban J connectivity index is 1.89. The van der Waals surface area contributed by atoms with Crippen LogP contribution in [-0.4, -0.2) is 15.0 Å². The van der Waals surface area contributed by atoms with E-state index in [-0.39, 0.29) is 12.1 Å². The van der Waals surface area contributed by atoms with Crippen LogP contribution >= 0.6 is 11.6 Å². The Bertz CT molecular complexity index is 1410. The minimum Gasteiger partial charge on any atom is -0.449 e. The van der Waals surface area contributed by atoms with Crippen molar-refractivity contribution in [3.05, 3.63) is 73.9 Å². The third-order valence-corrected chi connectivity index (χ3v) is 5.46. The van der Waals surface area contributed by atoms with Crippen molar-refractivity contribution < 1.29 is 9.21 Å². The summed E-state index contributed by atoms with van der Waals surface area (Å²) in [5.41, 5.74) is 1.06. The molecule has 0 unspecified atom stereocenters. The molecule has 1 amide bonds. The zero-order valence-electron chi connectivity index (χ0n) is 16.7. The van der Waals surface area contributed by atoms with Crippen LogP contribution < -0.4 is 16.6 Å². The van der Waals surface area contributed by atoms with Gasteiger partial charge in [0.2, 0.25) is 11.5 Å². The van der Waals surface area contributed by atoms with Crippen LogP contribution in [0.2, 0.25) is 5.02 Å². The lowest BCUT2D eigenvalue weighted by Gasteiger charge is -2.15. The number of hydrogen-bond donors (Lipinski definition) is 1. The normalized spacial score (nSPS) is 11.5. The molecule has 0 saturated carbocycles. The van der Waals surface area contributed by atoms with Gasteiger partial charge in [0, 0.05) is 22.1 Å². The van der Waals surface area contributed by atoms with Crippen LogP contribution in [-0.2, 0) is 11.3 Å². The topological polar surface area (TPSA) is 86.2 Å². The summed E-state index contributed by atoms with van der Waals surface area (Å²) in [6.45, 7) is 4.98. The Labute approximate surface area is 176 Å². The first kappa shape index (κ1) is 20.0. The Kier molecular flexibility index (Phi) is 4.99. The molecule has 4 rings (SSSR count). The number of halogens is 1. The number of nitrogens with zero attached hydrogens (tertiary/aromatic N) is 2. The molecule has 1 N–H and O–H groups in total. The number of amides is 1. The van der Waals surface area contributed by atoms with E-state index >= 15 is 0 Å². The maximum atomic E-state index is 13.2. The molecule has 2 aromatic heterocycles. The Hall–Kier alpha value is -3.32. The van der Waals surface area contributed by atoms with Gasteiger partial charge in [-0.15, -0.1) is 0 Å². The molecule has 0 atom stereocenters. The molecule has 0 saturated heterocycles. The van der Waals surface area contributed by atoms with Gasteiger partial charge in [0.15, 0.2) is 0 Å². The molecule has 30 heavy (non-hydrogen) atoms. The van der Waals surface area contributed by atoms with Gasteiger partial charge in [0.05, 0.1) is 0 Å². The van der Waals surface area contributed by atoms with E-state index in [1.807, 2.05) is 0 Å². The molecular weight excluding hydrogens is 406 g/mol. The highest BCUT2D eigenvalue weighted by Crippen LogP contribution is 2.26. The largest absolute Gasteiger partial charge is 0.449 e. The summed E-state index contributed by atoms with van der Waals surface area (Å²) in [6, 6.07) is 11.9. The highest BCUT2D eigenvalue weighted by atomic mass is 35.5. The van der Waals surface area contributed by atoms with E-state index in [0.717, 1.165) is 10.1 Å². The quantitative estimate of drug-likeness (QED) is 0.533. The number of carbonyl (C=O) groups excluding carboxylic acids is 1. The number of furan rings is 1. The van der Waals surface area contributed by atoms with Crippen molar-refractivity contribution in [1.29, 1.82) is 0 Å². The Morgan fingerprint density at radius 1 is 1.13 bits per heavy atom. The minimum atomic E-state index is -0.563. The number of carbonyl (C=O) groups is 1. The summed E-state index contributed by atoms with van der Waals surface area (Å²) in [5.74, 6) is -0.414. The lowest BCUT2D eigenvalue weighted by atomic mass is 10.2. The predicted molar refractivity (Wildman–Crippen MR) is 117 cm³/mol. The van der Waals surface area contributed by atoms with E-state index in [0.29, 0.717) is 27.2 Å². The van der Waals surface area contributed by atoms with Gasteiger partial charge in [-0.3, -0.25) is 18.7 Å². The molecule has 0 bridgehead atoms. The van der Waals surface area contributed by atoms with Crippen LogP contribution in [0.1, 0.15) is 25.5 Å². The molecule has 0 radical (unpaired) electrons. The van der Waals surface area contributed by atoms with E-state index in [1.165, 1.54) is 4.57 Å². The second-order valence-corrected chi connectivity index (χ2v) is 7.78. The predicted octanol–water partition coefficient (Wildman–Crippen LogP) is 4.09. The van der Waals surface area contributed by atoms with Crippen molar-refractivity contribution >= 4 is 45.3 Å². The van der Waals surface area contributed by atoms with Gasteiger partial charge in [-0.1, -0.05) is 29.8 Å². The lowest BCUT2D eigenvalue weighted by Crippen LogP contribution is -2.42. The minimum absolute atomic E-state index is 0.0521. The number of hydrogen-bond acceptors (Lipinski definition) is 4. The molecule has 8 heteroatoms. The first-order valence-electron chi connectivity index (χ1n) is 9.51. The zero-order valence-corrected chi connectivity index (χ0v) is 17.5. The molecule has 154 valence electrons. The third kappa shape index (κ3) is 3.21. The number of para-hydroxylation sites is 1. The molecule has 2 aromatic carbocycles. The van der Waals surface area contributed by atoms with Crippen molar-refractivity contribution in [2.75, 3.05) is 5.32 Å². The van der Waals surface area contributed by atoms with Crippen molar-refractivity contribution in [2.45, 2.75) is 33.4 Å². The fourth-order valence-corrected chi connectivity index (χ4v) is 3.72. The third-order valence-electron chi connectivity index (χ3n) is 5.05. The SMILES string of the molecule is Cc1c(Cl)cccc1NC(=O)Cn1c(=O)n(C(C)C)c(=O)c2oc3ccccc3c21. The van der Waals surface area contributed by atoms with Gasteiger partial charge >= 0.3 is 5.69 Å². The lowest BCUT2D eigenvalue weighted by molar-refractivity contribution is -0.116. The van der Waals surface area contributed by atoms with Crippen molar-refractivity contribution in [3.8, 4) is 0 Å². The fourth-order valence-electron chi connectivity index (χ4n) is 3.55. The average Bonchev–Trinajstić information content (AvgIpc) is 3.08. The first-order valence-corrected chi connectivity index (χ1v) is 9.89.